The Labute approximate surface area is 126 Å². The zero-order valence-corrected chi connectivity index (χ0v) is 11.2. The van der Waals surface area contributed by atoms with E-state index in [2.05, 4.69) is 5.10 Å². The minimum Gasteiger partial charge on any atom is -0.364 e. The largest absolute Gasteiger partial charge is 0.364 e. The molecule has 1 aliphatic rings. The molecule has 2 rings (SSSR count). The first-order valence-corrected chi connectivity index (χ1v) is 6.12. The number of benzene rings is 1. The van der Waals surface area contributed by atoms with Gasteiger partial charge in [-0.05, 0) is 6.07 Å². The fraction of sp³-hybridized carbons (Fsp3) is 0.333. The highest BCUT2D eigenvalue weighted by Crippen LogP contribution is 2.35. The van der Waals surface area contributed by atoms with Crippen molar-refractivity contribution in [1.82, 2.24) is 5.01 Å². The van der Waals surface area contributed by atoms with Crippen LogP contribution in [0.1, 0.15) is 16.8 Å². The fourth-order valence-electron chi connectivity index (χ4n) is 2.03. The second-order valence-corrected chi connectivity index (χ2v) is 4.64. The number of alkyl halides is 4. The number of carbonyl (C=O) groups is 1. The lowest BCUT2D eigenvalue weighted by Crippen LogP contribution is -2.51. The van der Waals surface area contributed by atoms with Gasteiger partial charge in [-0.25, -0.2) is 17.6 Å². The highest BCUT2D eigenvalue weighted by atomic mass is 19.3. The summed E-state index contributed by atoms with van der Waals surface area (Å²) in [6.07, 6.45) is -8.12. The van der Waals surface area contributed by atoms with Crippen LogP contribution < -0.4 is 0 Å². The van der Waals surface area contributed by atoms with Crippen LogP contribution in [0.4, 0.5) is 23.2 Å². The Hall–Kier alpha value is -2.56. The zero-order valence-electron chi connectivity index (χ0n) is 11.2. The van der Waals surface area contributed by atoms with Crippen LogP contribution in [-0.4, -0.2) is 45.2 Å². The van der Waals surface area contributed by atoms with Gasteiger partial charge < -0.3 is 5.11 Å². The lowest BCUT2D eigenvalue weighted by Gasteiger charge is -2.29. The topological polar surface area (TPSA) is 96.0 Å². The SMILES string of the molecule is O=C(c1ccccc1[N+](=O)[O-])N1N=C(C(F)F)C[C@@]1(O)C(F)F. The number of carbonyl (C=O) groups excluding carboxylic acids is 1. The van der Waals surface area contributed by atoms with Gasteiger partial charge in [-0.15, -0.1) is 0 Å². The van der Waals surface area contributed by atoms with Crippen LogP contribution in [0.25, 0.3) is 0 Å². The van der Waals surface area contributed by atoms with Gasteiger partial charge in [0, 0.05) is 12.5 Å². The van der Waals surface area contributed by atoms with Crippen LogP contribution in [0.5, 0.6) is 0 Å². The van der Waals surface area contributed by atoms with Crippen molar-refractivity contribution in [3.8, 4) is 0 Å². The lowest BCUT2D eigenvalue weighted by atomic mass is 10.1. The Morgan fingerprint density at radius 3 is 2.48 bits per heavy atom. The molecule has 0 fully saturated rings. The Bertz CT molecular complexity index is 682. The summed E-state index contributed by atoms with van der Waals surface area (Å²) in [7, 11) is 0. The fourth-order valence-corrected chi connectivity index (χ4v) is 2.03. The van der Waals surface area contributed by atoms with E-state index in [0.29, 0.717) is 0 Å². The van der Waals surface area contributed by atoms with Crippen molar-refractivity contribution < 1.29 is 32.4 Å². The first kappa shape index (κ1) is 16.8. The summed E-state index contributed by atoms with van der Waals surface area (Å²) < 4.78 is 51.4. The number of rotatable bonds is 4. The van der Waals surface area contributed by atoms with Gasteiger partial charge in [0.25, 0.3) is 24.4 Å². The number of halogens is 4. The quantitative estimate of drug-likeness (QED) is 0.517. The highest BCUT2D eigenvalue weighted by molar-refractivity contribution is 6.01. The minimum absolute atomic E-state index is 0.221. The standard InChI is InChI=1S/C12H9F4N3O4/c13-9(14)7-5-12(21,11(15)16)18(17-7)10(20)6-3-1-2-4-8(6)19(22)23/h1-4,9,11,21H,5H2/t12-/m1/s1. The normalized spacial score (nSPS) is 21.0. The van der Waals surface area contributed by atoms with Crippen molar-refractivity contribution >= 4 is 17.3 Å². The molecule has 0 bridgehead atoms. The molecule has 0 unspecified atom stereocenters. The third-order valence-electron chi connectivity index (χ3n) is 3.16. The predicted octanol–water partition coefficient (Wildman–Crippen LogP) is 2.02. The van der Waals surface area contributed by atoms with E-state index in [1.807, 2.05) is 0 Å². The highest BCUT2D eigenvalue weighted by Gasteiger charge is 2.54. The van der Waals surface area contributed by atoms with Crippen LogP contribution in [0, 0.1) is 10.1 Å². The number of nitro benzene ring substituents is 1. The van der Waals surface area contributed by atoms with Crippen molar-refractivity contribution in [3.63, 3.8) is 0 Å². The molecule has 11 heteroatoms. The molecule has 124 valence electrons. The number of aliphatic hydroxyl groups is 1. The maximum Gasteiger partial charge on any atom is 0.287 e. The molecule has 0 spiro atoms. The van der Waals surface area contributed by atoms with E-state index in [-0.39, 0.29) is 5.01 Å². The molecule has 0 aromatic heterocycles. The predicted molar refractivity (Wildman–Crippen MR) is 68.3 cm³/mol. The molecule has 1 aromatic carbocycles. The smallest absolute Gasteiger partial charge is 0.287 e. The number of para-hydroxylation sites is 1. The van der Waals surface area contributed by atoms with Gasteiger partial charge >= 0.3 is 0 Å². The van der Waals surface area contributed by atoms with Crippen LogP contribution in [0.15, 0.2) is 29.4 Å². The van der Waals surface area contributed by atoms with Gasteiger partial charge in [-0.3, -0.25) is 14.9 Å². The number of hydrogen-bond acceptors (Lipinski definition) is 5. The summed E-state index contributed by atoms with van der Waals surface area (Å²) in [5.41, 5.74) is -5.78. The number of hydrazone groups is 1. The molecule has 1 amide bonds. The maximum absolute atomic E-state index is 13.1. The Balaban J connectivity index is 2.50. The summed E-state index contributed by atoms with van der Waals surface area (Å²) in [6.45, 7) is 0. The minimum atomic E-state index is -3.60. The molecule has 7 nitrogen and oxygen atoms in total. The van der Waals surface area contributed by atoms with E-state index >= 15 is 0 Å². The first-order valence-electron chi connectivity index (χ1n) is 6.12. The molecule has 1 aromatic rings. The maximum atomic E-state index is 13.1. The third kappa shape index (κ3) is 2.86. The Morgan fingerprint density at radius 1 is 1.35 bits per heavy atom. The number of hydrogen-bond donors (Lipinski definition) is 1. The zero-order chi connectivity index (χ0) is 17.4. The molecule has 1 aliphatic heterocycles. The molecule has 0 saturated heterocycles. The lowest BCUT2D eigenvalue weighted by molar-refractivity contribution is -0.385. The van der Waals surface area contributed by atoms with E-state index in [1.165, 1.54) is 12.1 Å². The van der Waals surface area contributed by atoms with Gasteiger partial charge in [0.15, 0.2) is 0 Å². The van der Waals surface area contributed by atoms with Crippen molar-refractivity contribution in [2.75, 3.05) is 0 Å². The van der Waals surface area contributed by atoms with E-state index in [1.54, 1.807) is 0 Å². The third-order valence-corrected chi connectivity index (χ3v) is 3.16. The molecular weight excluding hydrogens is 326 g/mol. The van der Waals surface area contributed by atoms with Gasteiger partial charge in [0.05, 0.1) is 4.92 Å². The van der Waals surface area contributed by atoms with Gasteiger partial charge in [-0.1, -0.05) is 12.1 Å². The molecule has 23 heavy (non-hydrogen) atoms. The average Bonchev–Trinajstić information content (AvgIpc) is 2.86. The van der Waals surface area contributed by atoms with Crippen molar-refractivity contribution in [2.24, 2.45) is 5.10 Å². The van der Waals surface area contributed by atoms with Gasteiger partial charge in [-0.2, -0.15) is 10.1 Å². The average molecular weight is 335 g/mol. The van der Waals surface area contributed by atoms with Crippen molar-refractivity contribution in [2.45, 2.75) is 25.0 Å². The van der Waals surface area contributed by atoms with Crippen LogP contribution in [0.3, 0.4) is 0 Å². The molecule has 0 radical (unpaired) electrons. The van der Waals surface area contributed by atoms with Crippen LogP contribution in [0.2, 0.25) is 0 Å². The van der Waals surface area contributed by atoms with Gasteiger partial charge in [0.1, 0.15) is 11.3 Å². The summed E-state index contributed by atoms with van der Waals surface area (Å²) in [5.74, 6) is -1.48. The molecule has 1 atom stereocenters. The van der Waals surface area contributed by atoms with Crippen LogP contribution >= 0.6 is 0 Å². The van der Waals surface area contributed by atoms with Gasteiger partial charge in [0.2, 0.25) is 5.72 Å². The molecule has 1 heterocycles. The van der Waals surface area contributed by atoms with Crippen molar-refractivity contribution in [1.29, 1.82) is 0 Å². The number of nitro groups is 1. The molecule has 1 N–H and O–H groups in total. The van der Waals surface area contributed by atoms with E-state index < -0.39 is 52.8 Å². The molecule has 0 saturated carbocycles. The number of nitrogens with zero attached hydrogens (tertiary/aromatic N) is 3. The summed E-state index contributed by atoms with van der Waals surface area (Å²) in [6, 6.07) is 4.33. The second kappa shape index (κ2) is 5.91. The van der Waals surface area contributed by atoms with E-state index in [4.69, 9.17) is 0 Å². The monoisotopic (exact) mass is 335 g/mol. The summed E-state index contributed by atoms with van der Waals surface area (Å²) in [5, 5.41) is 23.5. The summed E-state index contributed by atoms with van der Waals surface area (Å²) >= 11 is 0. The van der Waals surface area contributed by atoms with Crippen LogP contribution in [-0.2, 0) is 0 Å². The summed E-state index contributed by atoms with van der Waals surface area (Å²) in [4.78, 5) is 22.2. The number of amides is 1. The van der Waals surface area contributed by atoms with E-state index in [9.17, 15) is 37.6 Å². The Kier molecular flexibility index (Phi) is 4.32. The molecular formula is C12H9F4N3O4. The first-order chi connectivity index (χ1) is 10.7. The van der Waals surface area contributed by atoms with Crippen molar-refractivity contribution in [3.05, 3.63) is 39.9 Å². The molecule has 0 aliphatic carbocycles. The Morgan fingerprint density at radius 2 is 1.96 bits per heavy atom. The second-order valence-electron chi connectivity index (χ2n) is 4.64. The van der Waals surface area contributed by atoms with E-state index in [0.717, 1.165) is 12.1 Å².